The van der Waals surface area contributed by atoms with Crippen LogP contribution in [0.15, 0.2) is 24.3 Å². The van der Waals surface area contributed by atoms with E-state index in [4.69, 9.17) is 4.74 Å². The lowest BCUT2D eigenvalue weighted by Gasteiger charge is -2.36. The van der Waals surface area contributed by atoms with E-state index in [1.807, 2.05) is 29.2 Å². The topological polar surface area (TPSA) is 73.2 Å². The molecule has 0 spiro atoms. The molecule has 2 aliphatic rings. The maximum atomic E-state index is 9.70. The fourth-order valence-corrected chi connectivity index (χ4v) is 2.65. The highest BCUT2D eigenvalue weighted by atomic mass is 16.5. The van der Waals surface area contributed by atoms with E-state index in [1.165, 1.54) is 12.8 Å². The molecule has 1 aliphatic heterocycles. The van der Waals surface area contributed by atoms with Gasteiger partial charge in [0.2, 0.25) is 0 Å². The van der Waals surface area contributed by atoms with Gasteiger partial charge in [0.25, 0.3) is 0 Å². The fourth-order valence-electron chi connectivity index (χ4n) is 2.65. The summed E-state index contributed by atoms with van der Waals surface area (Å²) in [4.78, 5) is 1.95. The first-order chi connectivity index (χ1) is 10.1. The molecule has 0 unspecified atom stereocenters. The molecule has 3 N–H and O–H groups in total. The van der Waals surface area contributed by atoms with Crippen LogP contribution in [0, 0.1) is 5.92 Å². The first kappa shape index (κ1) is 14.8. The number of aliphatic hydroxyl groups is 3. The molecule has 5 heteroatoms. The first-order valence-electron chi connectivity index (χ1n) is 7.60. The van der Waals surface area contributed by atoms with Gasteiger partial charge in [0.15, 0.2) is 0 Å². The Morgan fingerprint density at radius 1 is 1.00 bits per heavy atom. The summed E-state index contributed by atoms with van der Waals surface area (Å²) in [6.07, 6.45) is -0.267. The van der Waals surface area contributed by atoms with Gasteiger partial charge >= 0.3 is 0 Å². The van der Waals surface area contributed by atoms with Crippen LogP contribution < -0.4 is 4.74 Å². The van der Waals surface area contributed by atoms with Gasteiger partial charge in [0.05, 0.1) is 18.8 Å². The van der Waals surface area contributed by atoms with Gasteiger partial charge in [-0.25, -0.2) is 0 Å². The second kappa shape index (κ2) is 6.32. The Labute approximate surface area is 124 Å². The van der Waals surface area contributed by atoms with Crippen molar-refractivity contribution in [3.05, 3.63) is 29.8 Å². The molecule has 1 aliphatic carbocycles. The standard InChI is InChI=1S/C16H23NO4/c18-14-8-17(9-15(19)16(14)20)7-11-3-5-13(6-4-11)21-10-12-1-2-12/h3-6,12,14-16,18-20H,1-2,7-10H2/t14-,15+,16+. The van der Waals surface area contributed by atoms with Gasteiger partial charge < -0.3 is 20.1 Å². The number of nitrogens with zero attached hydrogens (tertiary/aromatic N) is 1. The number of hydrogen-bond acceptors (Lipinski definition) is 5. The molecule has 5 nitrogen and oxygen atoms in total. The van der Waals surface area contributed by atoms with Crippen molar-refractivity contribution < 1.29 is 20.1 Å². The third-order valence-electron chi connectivity index (χ3n) is 4.19. The highest BCUT2D eigenvalue weighted by molar-refractivity contribution is 5.27. The maximum Gasteiger partial charge on any atom is 0.119 e. The lowest BCUT2D eigenvalue weighted by molar-refractivity contribution is -0.111. The molecule has 1 heterocycles. The number of benzene rings is 1. The number of hydrogen-bond donors (Lipinski definition) is 3. The second-order valence-electron chi connectivity index (χ2n) is 6.22. The van der Waals surface area contributed by atoms with Crippen LogP contribution in [-0.4, -0.2) is 58.2 Å². The summed E-state index contributed by atoms with van der Waals surface area (Å²) in [5.41, 5.74) is 1.10. The van der Waals surface area contributed by atoms with Crippen molar-refractivity contribution in [3.63, 3.8) is 0 Å². The largest absolute Gasteiger partial charge is 0.493 e. The van der Waals surface area contributed by atoms with Crippen LogP contribution in [0.1, 0.15) is 18.4 Å². The predicted molar refractivity (Wildman–Crippen MR) is 78.0 cm³/mol. The van der Waals surface area contributed by atoms with Gasteiger partial charge in [-0.15, -0.1) is 0 Å². The molecule has 0 aromatic heterocycles. The van der Waals surface area contributed by atoms with E-state index in [9.17, 15) is 15.3 Å². The van der Waals surface area contributed by atoms with Gasteiger partial charge in [-0.3, -0.25) is 4.90 Å². The number of likely N-dealkylation sites (tertiary alicyclic amines) is 1. The summed E-state index contributed by atoms with van der Waals surface area (Å²) in [7, 11) is 0. The Hall–Kier alpha value is -1.14. The Balaban J connectivity index is 1.52. The number of β-amino-alcohol motifs (C(OH)–C–C–N with tert-alkyl or cyclic N) is 2. The average Bonchev–Trinajstić information content (AvgIpc) is 3.28. The lowest BCUT2D eigenvalue weighted by atomic mass is 10.0. The molecular weight excluding hydrogens is 270 g/mol. The molecule has 1 saturated heterocycles. The normalized spacial score (nSPS) is 30.3. The summed E-state index contributed by atoms with van der Waals surface area (Å²) in [6, 6.07) is 7.94. The van der Waals surface area contributed by atoms with Crippen LogP contribution in [0.5, 0.6) is 5.75 Å². The zero-order valence-electron chi connectivity index (χ0n) is 12.1. The van der Waals surface area contributed by atoms with Crippen LogP contribution in [-0.2, 0) is 6.54 Å². The van der Waals surface area contributed by atoms with E-state index >= 15 is 0 Å². The minimum Gasteiger partial charge on any atom is -0.493 e. The van der Waals surface area contributed by atoms with E-state index in [2.05, 4.69) is 0 Å². The van der Waals surface area contributed by atoms with Crippen molar-refractivity contribution in [2.45, 2.75) is 37.7 Å². The van der Waals surface area contributed by atoms with E-state index in [0.29, 0.717) is 19.6 Å². The predicted octanol–water partition coefficient (Wildman–Crippen LogP) is 0.374. The Morgan fingerprint density at radius 3 is 2.19 bits per heavy atom. The van der Waals surface area contributed by atoms with Crippen LogP contribution in [0.3, 0.4) is 0 Å². The Bertz CT molecular complexity index is 448. The number of aliphatic hydroxyl groups excluding tert-OH is 3. The summed E-state index contributed by atoms with van der Waals surface area (Å²) in [5, 5.41) is 28.9. The Morgan fingerprint density at radius 2 is 1.62 bits per heavy atom. The zero-order chi connectivity index (χ0) is 14.8. The second-order valence-corrected chi connectivity index (χ2v) is 6.22. The van der Waals surface area contributed by atoms with Crippen LogP contribution in [0.2, 0.25) is 0 Å². The van der Waals surface area contributed by atoms with Crippen molar-refractivity contribution >= 4 is 0 Å². The zero-order valence-corrected chi connectivity index (χ0v) is 12.1. The lowest BCUT2D eigenvalue weighted by Crippen LogP contribution is -2.54. The van der Waals surface area contributed by atoms with Crippen LogP contribution in [0.25, 0.3) is 0 Å². The summed E-state index contributed by atoms with van der Waals surface area (Å²) in [5.74, 6) is 1.63. The fraction of sp³-hybridized carbons (Fsp3) is 0.625. The first-order valence-corrected chi connectivity index (χ1v) is 7.60. The van der Waals surface area contributed by atoms with E-state index < -0.39 is 18.3 Å². The van der Waals surface area contributed by atoms with Gasteiger partial charge in [-0.2, -0.15) is 0 Å². The molecule has 1 aromatic rings. The molecule has 2 fully saturated rings. The Kier molecular flexibility index (Phi) is 4.45. The quantitative estimate of drug-likeness (QED) is 0.732. The van der Waals surface area contributed by atoms with Crippen molar-refractivity contribution in [2.75, 3.05) is 19.7 Å². The minimum absolute atomic E-state index is 0.373. The number of piperidine rings is 1. The van der Waals surface area contributed by atoms with Crippen LogP contribution >= 0.6 is 0 Å². The molecule has 0 radical (unpaired) electrons. The molecule has 3 rings (SSSR count). The molecule has 3 atom stereocenters. The van der Waals surface area contributed by atoms with Gasteiger partial charge in [0.1, 0.15) is 11.9 Å². The average molecular weight is 293 g/mol. The van der Waals surface area contributed by atoms with Gasteiger partial charge in [0, 0.05) is 19.6 Å². The van der Waals surface area contributed by atoms with Gasteiger partial charge in [-0.05, 0) is 36.5 Å². The van der Waals surface area contributed by atoms with Crippen molar-refractivity contribution in [1.29, 1.82) is 0 Å². The van der Waals surface area contributed by atoms with Crippen molar-refractivity contribution in [3.8, 4) is 5.75 Å². The summed E-state index contributed by atoms with van der Waals surface area (Å²) >= 11 is 0. The number of rotatable bonds is 5. The highest BCUT2D eigenvalue weighted by Gasteiger charge is 2.33. The van der Waals surface area contributed by atoms with Crippen molar-refractivity contribution in [2.24, 2.45) is 5.92 Å². The van der Waals surface area contributed by atoms with Crippen LogP contribution in [0.4, 0.5) is 0 Å². The SMILES string of the molecule is O[C@H]1[C@H](O)CN(Cc2ccc(OCC3CC3)cc2)C[C@@H]1O. The molecule has 21 heavy (non-hydrogen) atoms. The highest BCUT2D eigenvalue weighted by Crippen LogP contribution is 2.29. The minimum atomic E-state index is -1.04. The summed E-state index contributed by atoms with van der Waals surface area (Å²) in [6.45, 7) is 2.20. The molecule has 1 aromatic carbocycles. The molecule has 116 valence electrons. The third-order valence-corrected chi connectivity index (χ3v) is 4.19. The summed E-state index contributed by atoms with van der Waals surface area (Å²) < 4.78 is 5.70. The molecule has 1 saturated carbocycles. The van der Waals surface area contributed by atoms with Gasteiger partial charge in [-0.1, -0.05) is 12.1 Å². The molecule has 0 amide bonds. The van der Waals surface area contributed by atoms with Crippen molar-refractivity contribution in [1.82, 2.24) is 4.90 Å². The molecular formula is C16H23NO4. The van der Waals surface area contributed by atoms with E-state index in [1.54, 1.807) is 0 Å². The maximum absolute atomic E-state index is 9.70. The monoisotopic (exact) mass is 293 g/mol. The molecule has 0 bridgehead atoms. The smallest absolute Gasteiger partial charge is 0.119 e. The third kappa shape index (κ3) is 3.95. The van der Waals surface area contributed by atoms with E-state index in [-0.39, 0.29) is 0 Å². The van der Waals surface area contributed by atoms with E-state index in [0.717, 1.165) is 23.8 Å². The number of ether oxygens (including phenoxy) is 1.